The van der Waals surface area contributed by atoms with E-state index in [1.165, 1.54) is 5.69 Å². The van der Waals surface area contributed by atoms with E-state index < -0.39 is 0 Å². The molecular formula is C16H24N2. The molecule has 1 rings (SSSR count). The summed E-state index contributed by atoms with van der Waals surface area (Å²) < 4.78 is 0. The predicted molar refractivity (Wildman–Crippen MR) is 77.7 cm³/mol. The van der Waals surface area contributed by atoms with E-state index in [0.29, 0.717) is 12.0 Å². The van der Waals surface area contributed by atoms with Crippen LogP contribution in [0.1, 0.15) is 46.1 Å². The SMILES string of the molecule is CCC(CC)N(CC(C)C)c1ccc(C#N)cc1. The third-order valence-electron chi connectivity index (χ3n) is 3.27. The van der Waals surface area contributed by atoms with Gasteiger partial charge in [0.15, 0.2) is 0 Å². The van der Waals surface area contributed by atoms with E-state index in [0.717, 1.165) is 24.9 Å². The maximum atomic E-state index is 8.85. The van der Waals surface area contributed by atoms with Gasteiger partial charge in [0.05, 0.1) is 11.6 Å². The number of hydrogen-bond acceptors (Lipinski definition) is 2. The number of nitriles is 1. The zero-order valence-corrected chi connectivity index (χ0v) is 12.0. The molecule has 0 aliphatic rings. The Morgan fingerprint density at radius 1 is 1.11 bits per heavy atom. The van der Waals surface area contributed by atoms with Gasteiger partial charge in [0.25, 0.3) is 0 Å². The van der Waals surface area contributed by atoms with Crippen molar-refractivity contribution in [1.82, 2.24) is 0 Å². The monoisotopic (exact) mass is 244 g/mol. The van der Waals surface area contributed by atoms with Gasteiger partial charge in [-0.25, -0.2) is 0 Å². The second-order valence-electron chi connectivity index (χ2n) is 5.18. The lowest BCUT2D eigenvalue weighted by molar-refractivity contribution is 0.507. The molecule has 0 aliphatic heterocycles. The third kappa shape index (κ3) is 3.77. The van der Waals surface area contributed by atoms with Gasteiger partial charge < -0.3 is 4.90 Å². The van der Waals surface area contributed by atoms with Crippen LogP contribution in [-0.2, 0) is 0 Å². The van der Waals surface area contributed by atoms with Crippen molar-refractivity contribution in [3.63, 3.8) is 0 Å². The van der Waals surface area contributed by atoms with Crippen LogP contribution in [0.3, 0.4) is 0 Å². The Hall–Kier alpha value is -1.49. The molecule has 0 aliphatic carbocycles. The summed E-state index contributed by atoms with van der Waals surface area (Å²) in [6.07, 6.45) is 2.31. The Labute approximate surface area is 111 Å². The lowest BCUT2D eigenvalue weighted by Crippen LogP contribution is -2.37. The minimum atomic E-state index is 0.584. The van der Waals surface area contributed by atoms with Crippen molar-refractivity contribution in [3.05, 3.63) is 29.8 Å². The summed E-state index contributed by atoms with van der Waals surface area (Å²) >= 11 is 0. The van der Waals surface area contributed by atoms with Crippen LogP contribution in [0.4, 0.5) is 5.69 Å². The zero-order valence-electron chi connectivity index (χ0n) is 12.0. The van der Waals surface area contributed by atoms with E-state index in [1.54, 1.807) is 0 Å². The molecule has 1 aromatic carbocycles. The van der Waals surface area contributed by atoms with Crippen LogP contribution in [-0.4, -0.2) is 12.6 Å². The largest absolute Gasteiger partial charge is 0.368 e. The topological polar surface area (TPSA) is 27.0 Å². The second kappa shape index (κ2) is 7.06. The molecule has 2 nitrogen and oxygen atoms in total. The van der Waals surface area contributed by atoms with Crippen LogP contribution in [0.15, 0.2) is 24.3 Å². The average molecular weight is 244 g/mol. The van der Waals surface area contributed by atoms with Gasteiger partial charge >= 0.3 is 0 Å². The van der Waals surface area contributed by atoms with E-state index >= 15 is 0 Å². The lowest BCUT2D eigenvalue weighted by atomic mass is 10.1. The Bertz CT molecular complexity index is 383. The van der Waals surface area contributed by atoms with E-state index in [4.69, 9.17) is 5.26 Å². The van der Waals surface area contributed by atoms with Gasteiger partial charge in [-0.15, -0.1) is 0 Å². The molecule has 0 saturated heterocycles. The fraction of sp³-hybridized carbons (Fsp3) is 0.562. The van der Waals surface area contributed by atoms with Gasteiger partial charge in [0, 0.05) is 18.3 Å². The summed E-state index contributed by atoms with van der Waals surface area (Å²) in [7, 11) is 0. The highest BCUT2D eigenvalue weighted by Crippen LogP contribution is 2.22. The summed E-state index contributed by atoms with van der Waals surface area (Å²) in [5.41, 5.74) is 1.96. The number of rotatable bonds is 6. The molecule has 1 aromatic rings. The molecule has 0 heterocycles. The van der Waals surface area contributed by atoms with Gasteiger partial charge in [-0.3, -0.25) is 0 Å². The Balaban J connectivity index is 2.97. The number of nitrogens with zero attached hydrogens (tertiary/aromatic N) is 2. The first-order chi connectivity index (χ1) is 8.62. The maximum absolute atomic E-state index is 8.85. The summed E-state index contributed by atoms with van der Waals surface area (Å²) in [6, 6.07) is 10.7. The van der Waals surface area contributed by atoms with Crippen molar-refractivity contribution >= 4 is 5.69 Å². The van der Waals surface area contributed by atoms with Gasteiger partial charge in [0.2, 0.25) is 0 Å². The molecule has 2 heteroatoms. The Morgan fingerprint density at radius 2 is 1.67 bits per heavy atom. The van der Waals surface area contributed by atoms with E-state index in [1.807, 2.05) is 12.1 Å². The molecule has 0 radical (unpaired) electrons. The highest BCUT2D eigenvalue weighted by atomic mass is 15.2. The molecule has 0 fully saturated rings. The highest BCUT2D eigenvalue weighted by Gasteiger charge is 2.16. The molecule has 0 saturated carbocycles. The zero-order chi connectivity index (χ0) is 13.5. The van der Waals surface area contributed by atoms with Crippen LogP contribution in [0.25, 0.3) is 0 Å². The minimum absolute atomic E-state index is 0.584. The molecule has 18 heavy (non-hydrogen) atoms. The van der Waals surface area contributed by atoms with Crippen LogP contribution in [0, 0.1) is 17.2 Å². The molecule has 0 amide bonds. The smallest absolute Gasteiger partial charge is 0.0991 e. The molecule has 0 bridgehead atoms. The van der Waals surface area contributed by atoms with Gasteiger partial charge in [-0.05, 0) is 43.0 Å². The van der Waals surface area contributed by atoms with Crippen LogP contribution in [0.5, 0.6) is 0 Å². The van der Waals surface area contributed by atoms with Crippen molar-refractivity contribution in [1.29, 1.82) is 5.26 Å². The van der Waals surface area contributed by atoms with Crippen molar-refractivity contribution in [2.45, 2.75) is 46.6 Å². The first-order valence-electron chi connectivity index (χ1n) is 6.89. The van der Waals surface area contributed by atoms with Crippen molar-refractivity contribution in [2.75, 3.05) is 11.4 Å². The van der Waals surface area contributed by atoms with Gasteiger partial charge in [0.1, 0.15) is 0 Å². The van der Waals surface area contributed by atoms with Gasteiger partial charge in [-0.2, -0.15) is 5.26 Å². The molecule has 0 spiro atoms. The molecule has 0 unspecified atom stereocenters. The number of hydrogen-bond donors (Lipinski definition) is 0. The highest BCUT2D eigenvalue weighted by molar-refractivity contribution is 5.50. The van der Waals surface area contributed by atoms with Gasteiger partial charge in [-0.1, -0.05) is 27.7 Å². The van der Waals surface area contributed by atoms with E-state index in [2.05, 4.69) is 50.8 Å². The van der Waals surface area contributed by atoms with Crippen molar-refractivity contribution in [2.24, 2.45) is 5.92 Å². The van der Waals surface area contributed by atoms with Crippen LogP contribution in [0.2, 0.25) is 0 Å². The van der Waals surface area contributed by atoms with Crippen molar-refractivity contribution < 1.29 is 0 Å². The summed E-state index contributed by atoms with van der Waals surface area (Å²) in [5, 5.41) is 8.85. The van der Waals surface area contributed by atoms with E-state index in [9.17, 15) is 0 Å². The Morgan fingerprint density at radius 3 is 2.06 bits per heavy atom. The fourth-order valence-corrected chi connectivity index (χ4v) is 2.32. The molecule has 0 aromatic heterocycles. The molecule has 0 atom stereocenters. The van der Waals surface area contributed by atoms with Crippen LogP contribution < -0.4 is 4.90 Å². The predicted octanol–water partition coefficient (Wildman–Crippen LogP) is 4.21. The molecule has 98 valence electrons. The summed E-state index contributed by atoms with van der Waals surface area (Å²) in [5.74, 6) is 0.640. The quantitative estimate of drug-likeness (QED) is 0.749. The normalized spacial score (nSPS) is 10.7. The first kappa shape index (κ1) is 14.6. The Kier molecular flexibility index (Phi) is 5.71. The minimum Gasteiger partial charge on any atom is -0.368 e. The fourth-order valence-electron chi connectivity index (χ4n) is 2.32. The van der Waals surface area contributed by atoms with E-state index in [-0.39, 0.29) is 0 Å². The van der Waals surface area contributed by atoms with Crippen molar-refractivity contribution in [3.8, 4) is 6.07 Å². The second-order valence-corrected chi connectivity index (χ2v) is 5.18. The third-order valence-corrected chi connectivity index (χ3v) is 3.27. The molecular weight excluding hydrogens is 220 g/mol. The number of anilines is 1. The standard InChI is InChI=1S/C16H24N2/c1-5-15(6-2)18(12-13(3)4)16-9-7-14(11-17)8-10-16/h7-10,13,15H,5-6,12H2,1-4H3. The summed E-state index contributed by atoms with van der Waals surface area (Å²) in [4.78, 5) is 2.48. The average Bonchev–Trinajstić information content (AvgIpc) is 2.38. The first-order valence-corrected chi connectivity index (χ1v) is 6.89. The lowest BCUT2D eigenvalue weighted by Gasteiger charge is -2.34. The summed E-state index contributed by atoms with van der Waals surface area (Å²) in [6.45, 7) is 10.0. The van der Waals surface area contributed by atoms with Crippen LogP contribution >= 0.6 is 0 Å². The maximum Gasteiger partial charge on any atom is 0.0991 e. The molecule has 0 N–H and O–H groups in total. The number of benzene rings is 1.